The zero-order valence-corrected chi connectivity index (χ0v) is 17.3. The first-order chi connectivity index (χ1) is 13.7. The minimum absolute atomic E-state index is 0.0465. The fourth-order valence-corrected chi connectivity index (χ4v) is 3.79. The number of benzene rings is 1. The van der Waals surface area contributed by atoms with E-state index in [9.17, 15) is 21.6 Å². The maximum Gasteiger partial charge on any atom is 0.434 e. The van der Waals surface area contributed by atoms with Gasteiger partial charge < -0.3 is 10.6 Å². The second kappa shape index (κ2) is 10.6. The number of halogens is 3. The second-order valence-electron chi connectivity index (χ2n) is 5.87. The lowest BCUT2D eigenvalue weighted by atomic mass is 10.2. The molecule has 0 bridgehead atoms. The molecule has 0 fully saturated rings. The number of aliphatic imine (C=N–C) groups is 1. The largest absolute Gasteiger partial charge is 0.434 e. The lowest BCUT2D eigenvalue weighted by Crippen LogP contribution is -2.41. The van der Waals surface area contributed by atoms with E-state index in [2.05, 4.69) is 25.3 Å². The Labute approximate surface area is 171 Å². The van der Waals surface area contributed by atoms with Gasteiger partial charge in [0.25, 0.3) is 0 Å². The van der Waals surface area contributed by atoms with E-state index >= 15 is 0 Å². The number of nitrogens with zero attached hydrogens (tertiary/aromatic N) is 2. The quantitative estimate of drug-likeness (QED) is 0.404. The van der Waals surface area contributed by atoms with Gasteiger partial charge in [0.2, 0.25) is 10.0 Å². The SMILES string of the molecule is CCNC(=NCc1nc(C(F)(F)F)cs1)NCCS(=O)(=O)NCc1ccccc1. The third-order valence-electron chi connectivity index (χ3n) is 3.56. The van der Waals surface area contributed by atoms with E-state index in [1.807, 2.05) is 37.3 Å². The van der Waals surface area contributed by atoms with E-state index in [0.29, 0.717) is 12.5 Å². The van der Waals surface area contributed by atoms with Crippen molar-refractivity contribution < 1.29 is 21.6 Å². The Bertz CT molecular complexity index is 899. The van der Waals surface area contributed by atoms with Gasteiger partial charge in [0.15, 0.2) is 11.7 Å². The predicted molar refractivity (Wildman–Crippen MR) is 107 cm³/mol. The predicted octanol–water partition coefficient (Wildman–Crippen LogP) is 2.34. The number of hydrogen-bond donors (Lipinski definition) is 3. The van der Waals surface area contributed by atoms with Crippen LogP contribution in [0.3, 0.4) is 0 Å². The van der Waals surface area contributed by atoms with Crippen LogP contribution in [0.25, 0.3) is 0 Å². The smallest absolute Gasteiger partial charge is 0.357 e. The van der Waals surface area contributed by atoms with Gasteiger partial charge in [-0.2, -0.15) is 13.2 Å². The van der Waals surface area contributed by atoms with Gasteiger partial charge in [-0.1, -0.05) is 30.3 Å². The number of alkyl halides is 3. The topological polar surface area (TPSA) is 95.5 Å². The third kappa shape index (κ3) is 8.38. The summed E-state index contributed by atoms with van der Waals surface area (Å²) in [5.74, 6) is 0.120. The Morgan fingerprint density at radius 2 is 1.93 bits per heavy atom. The fraction of sp³-hybridized carbons (Fsp3) is 0.412. The number of guanidine groups is 1. The molecule has 29 heavy (non-hydrogen) atoms. The molecule has 12 heteroatoms. The van der Waals surface area contributed by atoms with Crippen molar-refractivity contribution in [1.82, 2.24) is 20.3 Å². The van der Waals surface area contributed by atoms with Crippen molar-refractivity contribution in [3.05, 3.63) is 52.0 Å². The van der Waals surface area contributed by atoms with Crippen LogP contribution < -0.4 is 15.4 Å². The molecule has 2 rings (SSSR count). The third-order valence-corrected chi connectivity index (χ3v) is 5.72. The molecule has 0 unspecified atom stereocenters. The average Bonchev–Trinajstić information content (AvgIpc) is 3.15. The summed E-state index contributed by atoms with van der Waals surface area (Å²) >= 11 is 0.869. The Hall–Kier alpha value is -2.18. The van der Waals surface area contributed by atoms with Crippen LogP contribution in [0.4, 0.5) is 13.2 Å². The summed E-state index contributed by atoms with van der Waals surface area (Å²) in [6, 6.07) is 9.13. The lowest BCUT2D eigenvalue weighted by Gasteiger charge is -2.12. The first-order valence-corrected chi connectivity index (χ1v) is 11.3. The summed E-state index contributed by atoms with van der Waals surface area (Å²) in [7, 11) is -3.50. The van der Waals surface area contributed by atoms with Crippen LogP contribution in [-0.4, -0.2) is 38.2 Å². The highest BCUT2D eigenvalue weighted by molar-refractivity contribution is 7.89. The minimum Gasteiger partial charge on any atom is -0.357 e. The van der Waals surface area contributed by atoms with E-state index in [1.54, 1.807) is 0 Å². The molecule has 0 atom stereocenters. The Morgan fingerprint density at radius 1 is 1.21 bits per heavy atom. The van der Waals surface area contributed by atoms with Crippen molar-refractivity contribution in [1.29, 1.82) is 0 Å². The van der Waals surface area contributed by atoms with Gasteiger partial charge in [-0.25, -0.2) is 23.1 Å². The van der Waals surface area contributed by atoms with E-state index < -0.39 is 21.9 Å². The maximum atomic E-state index is 12.6. The van der Waals surface area contributed by atoms with Gasteiger partial charge in [0.05, 0.1) is 12.3 Å². The van der Waals surface area contributed by atoms with Crippen molar-refractivity contribution in [2.75, 3.05) is 18.8 Å². The Balaban J connectivity index is 1.84. The highest BCUT2D eigenvalue weighted by atomic mass is 32.2. The van der Waals surface area contributed by atoms with Crippen molar-refractivity contribution in [3.8, 4) is 0 Å². The molecule has 0 amide bonds. The van der Waals surface area contributed by atoms with E-state index in [4.69, 9.17) is 0 Å². The van der Waals surface area contributed by atoms with Crippen LogP contribution in [0.2, 0.25) is 0 Å². The molecule has 0 aliphatic carbocycles. The van der Waals surface area contributed by atoms with Gasteiger partial charge in [0, 0.05) is 25.0 Å². The molecule has 1 aromatic carbocycles. The number of hydrogen-bond acceptors (Lipinski definition) is 5. The first kappa shape index (κ1) is 23.1. The standard InChI is InChI=1S/C17H22F3N5O2S2/c1-2-21-16(23-11-15-25-14(12-28-15)17(18,19)20)22-8-9-29(26,27)24-10-13-6-4-3-5-7-13/h3-7,12,24H,2,8-11H2,1H3,(H2,21,22,23). The van der Waals surface area contributed by atoms with E-state index in [0.717, 1.165) is 22.3 Å². The normalized spacial score (nSPS) is 12.8. The summed E-state index contributed by atoms with van der Waals surface area (Å²) < 4.78 is 64.5. The summed E-state index contributed by atoms with van der Waals surface area (Å²) in [5.41, 5.74) is -0.0955. The molecule has 1 aromatic heterocycles. The van der Waals surface area contributed by atoms with Gasteiger partial charge >= 0.3 is 6.18 Å². The molecule has 0 saturated heterocycles. The monoisotopic (exact) mass is 449 g/mol. The first-order valence-electron chi connectivity index (χ1n) is 8.74. The molecule has 0 radical (unpaired) electrons. The summed E-state index contributed by atoms with van der Waals surface area (Å²) in [5, 5.41) is 6.92. The van der Waals surface area contributed by atoms with Crippen LogP contribution in [0, 0.1) is 0 Å². The summed E-state index contributed by atoms with van der Waals surface area (Å²) in [6.07, 6.45) is -4.48. The second-order valence-corrected chi connectivity index (χ2v) is 8.74. The van der Waals surface area contributed by atoms with Crippen molar-refractivity contribution >= 4 is 27.3 Å². The Kier molecular flexibility index (Phi) is 8.41. The van der Waals surface area contributed by atoms with Gasteiger partial charge in [-0.15, -0.1) is 11.3 Å². The summed E-state index contributed by atoms with van der Waals surface area (Å²) in [4.78, 5) is 7.66. The number of aromatic nitrogens is 1. The fourth-order valence-electron chi connectivity index (χ4n) is 2.17. The van der Waals surface area contributed by atoms with Crippen LogP contribution in [0.1, 0.15) is 23.2 Å². The number of thiazole rings is 1. The van der Waals surface area contributed by atoms with E-state index in [1.165, 1.54) is 0 Å². The van der Waals surface area contributed by atoms with Gasteiger partial charge in [0.1, 0.15) is 5.01 Å². The van der Waals surface area contributed by atoms with Crippen molar-refractivity contribution in [3.63, 3.8) is 0 Å². The summed E-state index contributed by atoms with van der Waals surface area (Å²) in [6.45, 7) is 2.57. The molecule has 3 N–H and O–H groups in total. The minimum atomic E-state index is -4.48. The number of rotatable bonds is 9. The van der Waals surface area contributed by atoms with Crippen molar-refractivity contribution in [2.24, 2.45) is 4.99 Å². The molecule has 0 saturated carbocycles. The Morgan fingerprint density at radius 3 is 2.55 bits per heavy atom. The van der Waals surface area contributed by atoms with Crippen LogP contribution >= 0.6 is 11.3 Å². The molecule has 160 valence electrons. The van der Waals surface area contributed by atoms with Crippen molar-refractivity contribution in [2.45, 2.75) is 26.2 Å². The zero-order chi connectivity index (χ0) is 21.3. The van der Waals surface area contributed by atoms with Crippen LogP contribution in [0.5, 0.6) is 0 Å². The van der Waals surface area contributed by atoms with Gasteiger partial charge in [-0.3, -0.25) is 0 Å². The molecule has 1 heterocycles. The molecule has 0 aliphatic heterocycles. The lowest BCUT2D eigenvalue weighted by molar-refractivity contribution is -0.140. The molecular formula is C17H22F3N5O2S2. The average molecular weight is 450 g/mol. The number of sulfonamides is 1. The molecular weight excluding hydrogens is 427 g/mol. The van der Waals surface area contributed by atoms with Crippen LogP contribution in [-0.2, 0) is 29.3 Å². The molecule has 0 aliphatic rings. The highest BCUT2D eigenvalue weighted by Crippen LogP contribution is 2.30. The maximum absolute atomic E-state index is 12.6. The zero-order valence-electron chi connectivity index (χ0n) is 15.7. The van der Waals surface area contributed by atoms with E-state index in [-0.39, 0.29) is 30.4 Å². The van der Waals surface area contributed by atoms with Gasteiger partial charge in [-0.05, 0) is 12.5 Å². The highest BCUT2D eigenvalue weighted by Gasteiger charge is 2.33. The molecule has 7 nitrogen and oxygen atoms in total. The number of nitrogens with one attached hydrogen (secondary N) is 3. The molecule has 2 aromatic rings. The molecule has 0 spiro atoms. The van der Waals surface area contributed by atoms with Crippen LogP contribution in [0.15, 0.2) is 40.7 Å².